The molecule has 0 aliphatic heterocycles. The molecule has 2 aromatic rings. The lowest BCUT2D eigenvalue weighted by Crippen LogP contribution is -2.12. The Labute approximate surface area is 138 Å². The van der Waals surface area contributed by atoms with Crippen LogP contribution in [0.4, 0.5) is 11.5 Å². The molecule has 2 rings (SSSR count). The van der Waals surface area contributed by atoms with Crippen LogP contribution in [0.1, 0.15) is 30.0 Å². The van der Waals surface area contributed by atoms with Gasteiger partial charge in [0.2, 0.25) is 0 Å². The van der Waals surface area contributed by atoms with Gasteiger partial charge in [0.25, 0.3) is 0 Å². The highest BCUT2D eigenvalue weighted by molar-refractivity contribution is 5.78. The molecule has 4 heteroatoms. The topological polar surface area (TPSA) is 40.9 Å². The van der Waals surface area contributed by atoms with Gasteiger partial charge in [-0.05, 0) is 43.5 Å². The molecule has 0 unspecified atom stereocenters. The fourth-order valence-electron chi connectivity index (χ4n) is 2.29. The highest BCUT2D eigenvalue weighted by Crippen LogP contribution is 2.19. The van der Waals surface area contributed by atoms with E-state index in [0.717, 1.165) is 24.3 Å². The summed E-state index contributed by atoms with van der Waals surface area (Å²) in [6, 6.07) is 10.3. The number of aliphatic imine (C=N–C) groups is 2. The molecular weight excluding hydrogens is 284 g/mol. The van der Waals surface area contributed by atoms with Crippen LogP contribution < -0.4 is 0 Å². The van der Waals surface area contributed by atoms with Gasteiger partial charge in [0, 0.05) is 13.2 Å². The molecule has 0 saturated carbocycles. The maximum atomic E-state index is 4.51. The second-order valence-electron chi connectivity index (χ2n) is 5.68. The minimum Gasteiger partial charge on any atom is -0.326 e. The number of aromatic nitrogens is 1. The van der Waals surface area contributed by atoms with Crippen molar-refractivity contribution < 1.29 is 0 Å². The summed E-state index contributed by atoms with van der Waals surface area (Å²) < 4.78 is 0. The van der Waals surface area contributed by atoms with Gasteiger partial charge >= 0.3 is 0 Å². The van der Waals surface area contributed by atoms with E-state index in [1.165, 1.54) is 16.7 Å². The molecule has 0 fully saturated rings. The molecule has 0 radical (unpaired) electrons. The van der Waals surface area contributed by atoms with E-state index >= 15 is 0 Å². The molecule has 0 bridgehead atoms. The van der Waals surface area contributed by atoms with Gasteiger partial charge in [-0.15, -0.1) is 0 Å². The third-order valence-corrected chi connectivity index (χ3v) is 3.48. The zero-order valence-electron chi connectivity index (χ0n) is 14.3. The van der Waals surface area contributed by atoms with Gasteiger partial charge in [0.05, 0.1) is 18.4 Å². The molecule has 1 heterocycles. The Bertz CT molecular complexity index is 704. The molecule has 0 amide bonds. The molecule has 120 valence electrons. The Morgan fingerprint density at radius 1 is 1.13 bits per heavy atom. The second kappa shape index (κ2) is 8.22. The zero-order chi connectivity index (χ0) is 16.7. The minimum atomic E-state index is 0.779. The average molecular weight is 308 g/mol. The summed E-state index contributed by atoms with van der Waals surface area (Å²) in [4.78, 5) is 15.2. The monoisotopic (exact) mass is 308 g/mol. The van der Waals surface area contributed by atoms with Gasteiger partial charge in [-0.2, -0.15) is 0 Å². The molecule has 0 spiro atoms. The summed E-state index contributed by atoms with van der Waals surface area (Å²) in [6.07, 6.45) is 7.35. The summed E-state index contributed by atoms with van der Waals surface area (Å²) in [7, 11) is 1.92. The summed E-state index contributed by atoms with van der Waals surface area (Å²) in [6.45, 7) is 6.31. The SMILES string of the molecule is CCCc1cccnc1N=CN(C)C=Nc1ccc(C)cc1C. The normalized spacial score (nSPS) is 11.5. The number of benzene rings is 1. The van der Waals surface area contributed by atoms with Crippen LogP contribution in [-0.2, 0) is 6.42 Å². The molecule has 1 aromatic heterocycles. The van der Waals surface area contributed by atoms with E-state index in [1.807, 2.05) is 24.1 Å². The van der Waals surface area contributed by atoms with Gasteiger partial charge in [-0.3, -0.25) is 0 Å². The maximum Gasteiger partial charge on any atom is 0.156 e. The van der Waals surface area contributed by atoms with Crippen LogP contribution >= 0.6 is 0 Å². The Hall–Kier alpha value is -2.49. The van der Waals surface area contributed by atoms with Crippen molar-refractivity contribution in [3.8, 4) is 0 Å². The second-order valence-corrected chi connectivity index (χ2v) is 5.68. The molecule has 1 aromatic carbocycles. The van der Waals surface area contributed by atoms with E-state index in [-0.39, 0.29) is 0 Å². The zero-order valence-corrected chi connectivity index (χ0v) is 14.3. The quantitative estimate of drug-likeness (QED) is 0.578. The van der Waals surface area contributed by atoms with E-state index in [0.29, 0.717) is 0 Å². The predicted octanol–water partition coefficient (Wildman–Crippen LogP) is 4.60. The van der Waals surface area contributed by atoms with Crippen molar-refractivity contribution in [2.24, 2.45) is 9.98 Å². The largest absolute Gasteiger partial charge is 0.326 e. The van der Waals surface area contributed by atoms with E-state index < -0.39 is 0 Å². The number of hydrogen-bond acceptors (Lipinski definition) is 3. The predicted molar refractivity (Wildman–Crippen MR) is 98.2 cm³/mol. The first-order valence-electron chi connectivity index (χ1n) is 7.91. The lowest BCUT2D eigenvalue weighted by molar-refractivity contribution is 0.800. The van der Waals surface area contributed by atoms with Crippen molar-refractivity contribution >= 4 is 24.2 Å². The van der Waals surface area contributed by atoms with Crippen LogP contribution in [0.2, 0.25) is 0 Å². The molecule has 4 nitrogen and oxygen atoms in total. The summed E-state index contributed by atoms with van der Waals surface area (Å²) in [5.74, 6) is 0.779. The number of nitrogens with zero attached hydrogens (tertiary/aromatic N) is 4. The molecule has 0 aliphatic carbocycles. The average Bonchev–Trinajstić information content (AvgIpc) is 2.53. The minimum absolute atomic E-state index is 0.779. The van der Waals surface area contributed by atoms with Crippen molar-refractivity contribution in [3.05, 3.63) is 53.2 Å². The van der Waals surface area contributed by atoms with Crippen LogP contribution in [0, 0.1) is 13.8 Å². The van der Waals surface area contributed by atoms with Gasteiger partial charge in [0.15, 0.2) is 5.82 Å². The summed E-state index contributed by atoms with van der Waals surface area (Å²) >= 11 is 0. The van der Waals surface area contributed by atoms with E-state index in [2.05, 4.69) is 53.9 Å². The van der Waals surface area contributed by atoms with Crippen molar-refractivity contribution in [3.63, 3.8) is 0 Å². The van der Waals surface area contributed by atoms with Gasteiger partial charge in [-0.25, -0.2) is 15.0 Å². The first-order chi connectivity index (χ1) is 11.1. The Morgan fingerprint density at radius 3 is 2.65 bits per heavy atom. The third-order valence-electron chi connectivity index (χ3n) is 3.48. The standard InChI is InChI=1S/C19H24N4/c1-5-7-17-8-6-11-20-19(17)22-14-23(4)13-21-18-10-9-15(2)12-16(18)3/h6,8-14H,5,7H2,1-4H3. The summed E-state index contributed by atoms with van der Waals surface area (Å²) in [5.41, 5.74) is 4.56. The number of pyridine rings is 1. The van der Waals surface area contributed by atoms with Gasteiger partial charge in [0.1, 0.15) is 0 Å². The van der Waals surface area contributed by atoms with Crippen molar-refractivity contribution in [1.82, 2.24) is 9.88 Å². The molecular formula is C19H24N4. The number of rotatable bonds is 6. The van der Waals surface area contributed by atoms with Crippen LogP contribution in [0.3, 0.4) is 0 Å². The first-order valence-corrected chi connectivity index (χ1v) is 7.91. The molecule has 0 saturated heterocycles. The maximum absolute atomic E-state index is 4.51. The van der Waals surface area contributed by atoms with E-state index in [1.54, 1.807) is 18.9 Å². The Kier molecular flexibility index (Phi) is 6.03. The number of hydrogen-bond donors (Lipinski definition) is 0. The first kappa shape index (κ1) is 16.9. The molecule has 23 heavy (non-hydrogen) atoms. The van der Waals surface area contributed by atoms with Crippen LogP contribution in [0.25, 0.3) is 0 Å². The van der Waals surface area contributed by atoms with Crippen molar-refractivity contribution in [2.45, 2.75) is 33.6 Å². The molecule has 0 atom stereocenters. The highest BCUT2D eigenvalue weighted by Gasteiger charge is 2.00. The van der Waals surface area contributed by atoms with Crippen molar-refractivity contribution in [1.29, 1.82) is 0 Å². The van der Waals surface area contributed by atoms with E-state index in [4.69, 9.17) is 0 Å². The van der Waals surface area contributed by atoms with Crippen LogP contribution in [0.5, 0.6) is 0 Å². The molecule has 0 N–H and O–H groups in total. The molecule has 0 aliphatic rings. The van der Waals surface area contributed by atoms with Gasteiger partial charge in [-0.1, -0.05) is 37.1 Å². The van der Waals surface area contributed by atoms with Crippen LogP contribution in [-0.4, -0.2) is 29.6 Å². The van der Waals surface area contributed by atoms with Crippen molar-refractivity contribution in [2.75, 3.05) is 7.05 Å². The fraction of sp³-hybridized carbons (Fsp3) is 0.316. The van der Waals surface area contributed by atoms with Crippen LogP contribution in [0.15, 0.2) is 46.5 Å². The Morgan fingerprint density at radius 2 is 1.91 bits per heavy atom. The fourth-order valence-corrected chi connectivity index (χ4v) is 2.29. The summed E-state index contributed by atoms with van der Waals surface area (Å²) in [5, 5.41) is 0. The Balaban J connectivity index is 2.07. The van der Waals surface area contributed by atoms with Gasteiger partial charge < -0.3 is 4.90 Å². The number of aryl methyl sites for hydroxylation is 3. The lowest BCUT2D eigenvalue weighted by atomic mass is 10.1. The highest BCUT2D eigenvalue weighted by atomic mass is 15.2. The third kappa shape index (κ3) is 5.02. The lowest BCUT2D eigenvalue weighted by Gasteiger charge is -2.07. The van der Waals surface area contributed by atoms with E-state index in [9.17, 15) is 0 Å². The smallest absolute Gasteiger partial charge is 0.156 e.